The second kappa shape index (κ2) is 7.26. The highest BCUT2D eigenvalue weighted by molar-refractivity contribution is 5.89. The standard InChI is InChI=1S/C13H16F4N2O2/c1-2-5-19(6-7-20)12(21)18-11-8-9(13(15,16)17)3-4-10(11)14/h3-4,8,20H,2,5-7H2,1H3,(H,18,21). The average Bonchev–Trinajstić information content (AvgIpc) is 2.39. The summed E-state index contributed by atoms with van der Waals surface area (Å²) in [5.74, 6) is -0.961. The number of halogens is 4. The molecule has 0 bridgehead atoms. The summed E-state index contributed by atoms with van der Waals surface area (Å²) in [4.78, 5) is 13.1. The van der Waals surface area contributed by atoms with Crippen molar-refractivity contribution in [3.05, 3.63) is 29.6 Å². The van der Waals surface area contributed by atoms with Crippen molar-refractivity contribution in [2.75, 3.05) is 25.0 Å². The van der Waals surface area contributed by atoms with Crippen LogP contribution in [0.25, 0.3) is 0 Å². The SMILES string of the molecule is CCCN(CCO)C(=O)Nc1cc(C(F)(F)F)ccc1F. The minimum atomic E-state index is -4.62. The van der Waals surface area contributed by atoms with E-state index in [1.807, 2.05) is 0 Å². The quantitative estimate of drug-likeness (QED) is 0.821. The number of carbonyl (C=O) groups excluding carboxylic acids is 1. The monoisotopic (exact) mass is 308 g/mol. The fraction of sp³-hybridized carbons (Fsp3) is 0.462. The van der Waals surface area contributed by atoms with Crippen molar-refractivity contribution < 1.29 is 27.5 Å². The van der Waals surface area contributed by atoms with Gasteiger partial charge in [0.15, 0.2) is 0 Å². The number of alkyl halides is 3. The molecule has 4 nitrogen and oxygen atoms in total. The number of hydrogen-bond acceptors (Lipinski definition) is 2. The van der Waals surface area contributed by atoms with Crippen LogP contribution in [0, 0.1) is 5.82 Å². The molecule has 0 aliphatic heterocycles. The maximum Gasteiger partial charge on any atom is 0.416 e. The van der Waals surface area contributed by atoms with Gasteiger partial charge >= 0.3 is 12.2 Å². The summed E-state index contributed by atoms with van der Waals surface area (Å²) in [5, 5.41) is 10.9. The maximum absolute atomic E-state index is 13.5. The van der Waals surface area contributed by atoms with Crippen LogP contribution in [-0.4, -0.2) is 35.7 Å². The number of carbonyl (C=O) groups is 1. The molecule has 0 aliphatic carbocycles. The van der Waals surface area contributed by atoms with Crippen LogP contribution < -0.4 is 5.32 Å². The Morgan fingerprint density at radius 1 is 1.33 bits per heavy atom. The maximum atomic E-state index is 13.5. The predicted molar refractivity (Wildman–Crippen MR) is 69.4 cm³/mol. The zero-order valence-electron chi connectivity index (χ0n) is 11.4. The number of rotatable bonds is 5. The van der Waals surface area contributed by atoms with Gasteiger partial charge in [0.05, 0.1) is 17.9 Å². The van der Waals surface area contributed by atoms with Gasteiger partial charge in [0.1, 0.15) is 5.82 Å². The summed E-state index contributed by atoms with van der Waals surface area (Å²) in [7, 11) is 0. The summed E-state index contributed by atoms with van der Waals surface area (Å²) >= 11 is 0. The third-order valence-corrected chi connectivity index (χ3v) is 2.69. The van der Waals surface area contributed by atoms with Crippen molar-refractivity contribution in [2.24, 2.45) is 0 Å². The van der Waals surface area contributed by atoms with Gasteiger partial charge < -0.3 is 15.3 Å². The van der Waals surface area contributed by atoms with Gasteiger partial charge in [0.2, 0.25) is 0 Å². The van der Waals surface area contributed by atoms with Crippen molar-refractivity contribution in [2.45, 2.75) is 19.5 Å². The molecular weight excluding hydrogens is 292 g/mol. The first-order valence-electron chi connectivity index (χ1n) is 6.33. The third kappa shape index (κ3) is 4.89. The van der Waals surface area contributed by atoms with E-state index in [1.165, 1.54) is 4.90 Å². The zero-order chi connectivity index (χ0) is 16.0. The molecule has 1 aromatic rings. The molecule has 0 spiro atoms. The Hall–Kier alpha value is -1.83. The highest BCUT2D eigenvalue weighted by Crippen LogP contribution is 2.31. The first-order chi connectivity index (χ1) is 9.79. The van der Waals surface area contributed by atoms with Crippen LogP contribution in [0.15, 0.2) is 18.2 Å². The molecule has 0 heterocycles. The molecule has 0 aliphatic rings. The van der Waals surface area contributed by atoms with E-state index in [9.17, 15) is 22.4 Å². The van der Waals surface area contributed by atoms with E-state index in [2.05, 4.69) is 5.32 Å². The first-order valence-corrected chi connectivity index (χ1v) is 6.33. The molecule has 0 aromatic heterocycles. The number of urea groups is 1. The van der Waals surface area contributed by atoms with Crippen molar-refractivity contribution >= 4 is 11.7 Å². The number of anilines is 1. The molecule has 0 saturated heterocycles. The summed E-state index contributed by atoms with van der Waals surface area (Å²) in [6, 6.07) is 1.03. The van der Waals surface area contributed by atoms with Gasteiger partial charge in [-0.05, 0) is 24.6 Å². The molecule has 2 N–H and O–H groups in total. The Morgan fingerprint density at radius 3 is 2.52 bits per heavy atom. The molecule has 0 unspecified atom stereocenters. The topological polar surface area (TPSA) is 52.6 Å². The summed E-state index contributed by atoms with van der Waals surface area (Å²) in [6.07, 6.45) is -4.03. The van der Waals surface area contributed by atoms with E-state index >= 15 is 0 Å². The predicted octanol–water partition coefficient (Wildman–Crippen LogP) is 3.08. The van der Waals surface area contributed by atoms with Crippen LogP contribution in [0.5, 0.6) is 0 Å². The largest absolute Gasteiger partial charge is 0.416 e. The smallest absolute Gasteiger partial charge is 0.395 e. The van der Waals surface area contributed by atoms with E-state index in [-0.39, 0.29) is 13.2 Å². The van der Waals surface area contributed by atoms with Gasteiger partial charge in [-0.15, -0.1) is 0 Å². The third-order valence-electron chi connectivity index (χ3n) is 2.69. The molecule has 21 heavy (non-hydrogen) atoms. The lowest BCUT2D eigenvalue weighted by molar-refractivity contribution is -0.137. The minimum absolute atomic E-state index is 0.0141. The van der Waals surface area contributed by atoms with Gasteiger partial charge in [-0.3, -0.25) is 0 Å². The molecular formula is C13H16F4N2O2. The number of aliphatic hydroxyl groups excluding tert-OH is 1. The Bertz CT molecular complexity index is 486. The number of aliphatic hydroxyl groups is 1. The normalized spacial score (nSPS) is 11.3. The van der Waals surface area contributed by atoms with Gasteiger partial charge in [0.25, 0.3) is 0 Å². The molecule has 1 rings (SSSR count). The Labute approximate surface area is 119 Å². The van der Waals surface area contributed by atoms with Gasteiger partial charge in [-0.25, -0.2) is 9.18 Å². The van der Waals surface area contributed by atoms with Crippen LogP contribution in [0.1, 0.15) is 18.9 Å². The fourth-order valence-electron chi connectivity index (χ4n) is 1.70. The number of nitrogens with zero attached hydrogens (tertiary/aromatic N) is 1. The van der Waals surface area contributed by atoms with E-state index in [4.69, 9.17) is 5.11 Å². The molecule has 8 heteroatoms. The van der Waals surface area contributed by atoms with E-state index < -0.39 is 29.3 Å². The second-order valence-electron chi connectivity index (χ2n) is 4.33. The Kier molecular flexibility index (Phi) is 5.95. The summed E-state index contributed by atoms with van der Waals surface area (Å²) in [5.41, 5.74) is -1.60. The lowest BCUT2D eigenvalue weighted by Gasteiger charge is -2.22. The fourth-order valence-corrected chi connectivity index (χ4v) is 1.70. The lowest BCUT2D eigenvalue weighted by atomic mass is 10.2. The Morgan fingerprint density at radius 2 is 2.00 bits per heavy atom. The summed E-state index contributed by atoms with van der Waals surface area (Å²) < 4.78 is 51.2. The van der Waals surface area contributed by atoms with Crippen LogP contribution in [0.4, 0.5) is 28.0 Å². The van der Waals surface area contributed by atoms with Crippen molar-refractivity contribution in [3.63, 3.8) is 0 Å². The summed E-state index contributed by atoms with van der Waals surface area (Å²) in [6.45, 7) is 1.81. The first kappa shape index (κ1) is 17.2. The average molecular weight is 308 g/mol. The van der Waals surface area contributed by atoms with E-state index in [1.54, 1.807) is 6.92 Å². The molecule has 0 radical (unpaired) electrons. The number of amides is 2. The molecule has 118 valence electrons. The molecule has 0 saturated carbocycles. The van der Waals surface area contributed by atoms with Crippen LogP contribution >= 0.6 is 0 Å². The van der Waals surface area contributed by atoms with Crippen LogP contribution in [0.2, 0.25) is 0 Å². The lowest BCUT2D eigenvalue weighted by Crippen LogP contribution is -2.37. The zero-order valence-corrected chi connectivity index (χ0v) is 11.4. The number of benzene rings is 1. The molecule has 0 fully saturated rings. The van der Waals surface area contributed by atoms with Crippen LogP contribution in [0.3, 0.4) is 0 Å². The van der Waals surface area contributed by atoms with E-state index in [0.717, 1.165) is 0 Å². The van der Waals surface area contributed by atoms with Gasteiger partial charge in [0, 0.05) is 13.1 Å². The highest BCUT2D eigenvalue weighted by atomic mass is 19.4. The Balaban J connectivity index is 2.93. The molecule has 1 aromatic carbocycles. The van der Waals surface area contributed by atoms with Crippen molar-refractivity contribution in [1.29, 1.82) is 0 Å². The van der Waals surface area contributed by atoms with E-state index in [0.29, 0.717) is 31.2 Å². The van der Waals surface area contributed by atoms with Gasteiger partial charge in [-0.2, -0.15) is 13.2 Å². The van der Waals surface area contributed by atoms with Gasteiger partial charge in [-0.1, -0.05) is 6.92 Å². The highest BCUT2D eigenvalue weighted by Gasteiger charge is 2.31. The minimum Gasteiger partial charge on any atom is -0.395 e. The number of hydrogen-bond donors (Lipinski definition) is 2. The number of nitrogens with one attached hydrogen (secondary N) is 1. The van der Waals surface area contributed by atoms with Crippen molar-refractivity contribution in [3.8, 4) is 0 Å². The van der Waals surface area contributed by atoms with Crippen LogP contribution in [-0.2, 0) is 6.18 Å². The second-order valence-corrected chi connectivity index (χ2v) is 4.33. The van der Waals surface area contributed by atoms with Crippen molar-refractivity contribution in [1.82, 2.24) is 4.90 Å². The molecule has 0 atom stereocenters. The molecule has 2 amide bonds.